The van der Waals surface area contributed by atoms with E-state index in [-0.39, 0.29) is 17.9 Å². The highest BCUT2D eigenvalue weighted by Crippen LogP contribution is 2.34. The van der Waals surface area contributed by atoms with Crippen LogP contribution in [-0.2, 0) is 14.4 Å². The number of carbonyl (C=O) groups excluding carboxylic acids is 1. The molecule has 0 spiro atoms. The van der Waals surface area contributed by atoms with Gasteiger partial charge in [0.1, 0.15) is 15.8 Å². The first-order chi connectivity index (χ1) is 18.5. The zero-order valence-electron chi connectivity index (χ0n) is 22.3. The number of hydrogen-bond donors (Lipinski definition) is 2. The first kappa shape index (κ1) is 30.3. The molecule has 2 N–H and O–H groups in total. The molecule has 210 valence electrons. The Morgan fingerprint density at radius 3 is 2.41 bits per heavy atom. The molecule has 2 saturated heterocycles. The molecular formula is C26H33N5O6S2. The molecule has 1 amide bonds. The number of fused-ring (bicyclic) bond motifs is 1. The molecule has 0 aliphatic carbocycles. The van der Waals surface area contributed by atoms with E-state index in [1.54, 1.807) is 17.2 Å². The van der Waals surface area contributed by atoms with Crippen LogP contribution in [0.5, 0.6) is 0 Å². The van der Waals surface area contributed by atoms with Crippen LogP contribution in [0.4, 0.5) is 5.82 Å². The zero-order chi connectivity index (χ0) is 28.7. The minimum absolute atomic E-state index is 0.117. The summed E-state index contributed by atoms with van der Waals surface area (Å²) in [6.45, 7) is 6.63. The lowest BCUT2D eigenvalue weighted by Gasteiger charge is -2.34. The van der Waals surface area contributed by atoms with Crippen LogP contribution in [0.25, 0.3) is 11.7 Å². The Morgan fingerprint density at radius 2 is 1.77 bits per heavy atom. The number of anilines is 1. The normalized spacial score (nSPS) is 17.1. The lowest BCUT2D eigenvalue weighted by atomic mass is 10.2. The number of aliphatic carboxylic acids is 2. The number of thioether (sulfide) groups is 1. The average molecular weight is 576 g/mol. The Morgan fingerprint density at radius 1 is 1.10 bits per heavy atom. The number of carboxylic acid groups (broad SMARTS) is 2. The number of rotatable bonds is 8. The monoisotopic (exact) mass is 575 g/mol. The van der Waals surface area contributed by atoms with Crippen molar-refractivity contribution < 1.29 is 24.6 Å². The summed E-state index contributed by atoms with van der Waals surface area (Å²) in [4.78, 5) is 57.5. The van der Waals surface area contributed by atoms with Crippen molar-refractivity contribution in [2.24, 2.45) is 0 Å². The number of amides is 1. The number of aryl methyl sites for hydroxylation is 1. The summed E-state index contributed by atoms with van der Waals surface area (Å²) in [6.07, 6.45) is 5.45. The first-order valence-electron chi connectivity index (χ1n) is 12.6. The number of piperazine rings is 1. The Labute approximate surface area is 236 Å². The van der Waals surface area contributed by atoms with E-state index in [2.05, 4.69) is 16.8 Å². The molecule has 0 aromatic carbocycles. The minimum Gasteiger partial charge on any atom is -0.481 e. The van der Waals surface area contributed by atoms with Gasteiger partial charge in [-0.3, -0.25) is 28.5 Å². The molecule has 4 heterocycles. The number of unbranched alkanes of at least 4 members (excludes halogenated alkanes) is 2. The van der Waals surface area contributed by atoms with Crippen LogP contribution >= 0.6 is 24.0 Å². The molecule has 2 aromatic heterocycles. The summed E-state index contributed by atoms with van der Waals surface area (Å²) in [5.74, 6) is -1.29. The average Bonchev–Trinajstić information content (AvgIpc) is 3.13. The van der Waals surface area contributed by atoms with Crippen molar-refractivity contribution in [3.8, 4) is 0 Å². The SMILES string of the molecule is CC(=O)O.Cc1ccc2nc(N3CCN(C)CC3)c(/C=C3\SC(=S)N(CCCCCC(=O)O)C3=O)c(=O)n2c1. The summed E-state index contributed by atoms with van der Waals surface area (Å²) in [6, 6.07) is 3.76. The topological polar surface area (TPSA) is 136 Å². The van der Waals surface area contributed by atoms with Crippen molar-refractivity contribution in [3.63, 3.8) is 0 Å². The molecule has 2 aliphatic rings. The molecule has 13 heteroatoms. The largest absolute Gasteiger partial charge is 0.481 e. The van der Waals surface area contributed by atoms with Gasteiger partial charge >= 0.3 is 5.97 Å². The van der Waals surface area contributed by atoms with E-state index in [9.17, 15) is 14.4 Å². The van der Waals surface area contributed by atoms with E-state index < -0.39 is 11.9 Å². The van der Waals surface area contributed by atoms with Gasteiger partial charge in [-0.1, -0.05) is 36.5 Å². The Kier molecular flexibility index (Phi) is 10.6. The maximum Gasteiger partial charge on any atom is 0.303 e. The number of nitrogens with zero attached hydrogens (tertiary/aromatic N) is 5. The van der Waals surface area contributed by atoms with Crippen molar-refractivity contribution >= 4 is 63.7 Å². The van der Waals surface area contributed by atoms with Crippen molar-refractivity contribution in [1.82, 2.24) is 19.2 Å². The van der Waals surface area contributed by atoms with E-state index in [4.69, 9.17) is 32.2 Å². The molecule has 2 fully saturated rings. The van der Waals surface area contributed by atoms with Crippen LogP contribution in [0.15, 0.2) is 28.0 Å². The molecule has 2 aliphatic heterocycles. The molecule has 0 unspecified atom stereocenters. The number of likely N-dealkylation sites (N-methyl/N-ethyl adjacent to an activating group) is 1. The number of hydrogen-bond acceptors (Lipinski definition) is 9. The van der Waals surface area contributed by atoms with Gasteiger partial charge in [0.25, 0.3) is 17.4 Å². The number of carboxylic acids is 2. The van der Waals surface area contributed by atoms with Crippen LogP contribution in [0, 0.1) is 6.92 Å². The van der Waals surface area contributed by atoms with E-state index in [0.717, 1.165) is 38.7 Å². The molecule has 0 radical (unpaired) electrons. The van der Waals surface area contributed by atoms with Crippen LogP contribution < -0.4 is 10.5 Å². The zero-order valence-corrected chi connectivity index (χ0v) is 23.9. The van der Waals surface area contributed by atoms with Crippen LogP contribution in [-0.4, -0.2) is 91.3 Å². The van der Waals surface area contributed by atoms with Gasteiger partial charge in [0, 0.05) is 52.3 Å². The fraction of sp³-hybridized carbons (Fsp3) is 0.462. The van der Waals surface area contributed by atoms with E-state index >= 15 is 0 Å². The predicted octanol–water partition coefficient (Wildman–Crippen LogP) is 2.69. The Balaban J connectivity index is 0.000000983. The van der Waals surface area contributed by atoms with Gasteiger partial charge in [-0.15, -0.1) is 0 Å². The van der Waals surface area contributed by atoms with E-state index in [1.807, 2.05) is 19.1 Å². The second-order valence-corrected chi connectivity index (χ2v) is 11.1. The minimum atomic E-state index is -0.833. The molecule has 2 aromatic rings. The van der Waals surface area contributed by atoms with Gasteiger partial charge in [0.2, 0.25) is 0 Å². The first-order valence-corrected chi connectivity index (χ1v) is 13.8. The van der Waals surface area contributed by atoms with E-state index in [1.165, 1.54) is 16.2 Å². The predicted molar refractivity (Wildman–Crippen MR) is 155 cm³/mol. The summed E-state index contributed by atoms with van der Waals surface area (Å²) >= 11 is 6.64. The number of thiocarbonyl (C=S) groups is 1. The van der Waals surface area contributed by atoms with Crippen LogP contribution in [0.3, 0.4) is 0 Å². The van der Waals surface area contributed by atoms with Gasteiger partial charge in [0.15, 0.2) is 0 Å². The number of carbonyl (C=O) groups is 3. The molecule has 0 atom stereocenters. The van der Waals surface area contributed by atoms with Gasteiger partial charge in [-0.25, -0.2) is 4.98 Å². The third-order valence-corrected chi connectivity index (χ3v) is 7.59. The second kappa shape index (κ2) is 13.7. The van der Waals surface area contributed by atoms with Gasteiger partial charge in [-0.2, -0.15) is 0 Å². The van der Waals surface area contributed by atoms with Gasteiger partial charge in [-0.05, 0) is 44.5 Å². The summed E-state index contributed by atoms with van der Waals surface area (Å²) < 4.78 is 1.98. The third-order valence-electron chi connectivity index (χ3n) is 6.21. The van der Waals surface area contributed by atoms with Gasteiger partial charge < -0.3 is 20.0 Å². The quantitative estimate of drug-likeness (QED) is 0.273. The molecule has 11 nitrogen and oxygen atoms in total. The Bertz CT molecular complexity index is 1350. The van der Waals surface area contributed by atoms with E-state index in [0.29, 0.717) is 52.1 Å². The van der Waals surface area contributed by atoms with Crippen molar-refractivity contribution in [2.45, 2.75) is 39.5 Å². The number of aromatic nitrogens is 2. The fourth-order valence-electron chi connectivity index (χ4n) is 4.18. The van der Waals surface area contributed by atoms with Gasteiger partial charge in [0.05, 0.1) is 10.5 Å². The van der Waals surface area contributed by atoms with Crippen LogP contribution in [0.1, 0.15) is 43.7 Å². The molecule has 0 bridgehead atoms. The molecule has 39 heavy (non-hydrogen) atoms. The highest BCUT2D eigenvalue weighted by atomic mass is 32.2. The fourth-order valence-corrected chi connectivity index (χ4v) is 5.47. The Hall–Kier alpha value is -3.29. The second-order valence-electron chi connectivity index (χ2n) is 9.44. The maximum absolute atomic E-state index is 13.6. The molecule has 4 rings (SSSR count). The van der Waals surface area contributed by atoms with Crippen LogP contribution in [0.2, 0.25) is 0 Å². The van der Waals surface area contributed by atoms with Crippen molar-refractivity contribution in [1.29, 1.82) is 0 Å². The summed E-state index contributed by atoms with van der Waals surface area (Å²) in [5, 5.41) is 16.2. The lowest BCUT2D eigenvalue weighted by molar-refractivity contribution is -0.137. The van der Waals surface area contributed by atoms with Crippen molar-refractivity contribution in [2.75, 3.05) is 44.7 Å². The molecule has 0 saturated carbocycles. The summed E-state index contributed by atoms with van der Waals surface area (Å²) in [7, 11) is 2.07. The number of pyridine rings is 1. The maximum atomic E-state index is 13.6. The lowest BCUT2D eigenvalue weighted by Crippen LogP contribution is -2.45. The highest BCUT2D eigenvalue weighted by Gasteiger charge is 2.32. The molecular weight excluding hydrogens is 542 g/mol. The standard InChI is InChI=1S/C24H29N5O4S2.C2H4O2/c1-16-7-8-19-25-21(27-12-10-26(2)11-13-27)17(22(32)29(19)15-16)14-18-23(33)28(24(34)35-18)9-5-3-4-6-20(30)31;1-2(3)4/h7-8,14-15H,3-6,9-13H2,1-2H3,(H,30,31);1H3,(H,3,4)/b18-14-;. The van der Waals surface area contributed by atoms with Crippen molar-refractivity contribution in [3.05, 3.63) is 44.7 Å². The highest BCUT2D eigenvalue weighted by molar-refractivity contribution is 8.26. The smallest absolute Gasteiger partial charge is 0.303 e. The third kappa shape index (κ3) is 8.10. The summed E-state index contributed by atoms with van der Waals surface area (Å²) in [5.41, 5.74) is 1.68.